The van der Waals surface area contributed by atoms with E-state index in [0.29, 0.717) is 0 Å². The minimum Gasteiger partial charge on any atom is -0.0616 e. The van der Waals surface area contributed by atoms with Crippen molar-refractivity contribution in [2.24, 2.45) is 0 Å². The molecule has 50 heavy (non-hydrogen) atoms. The van der Waals surface area contributed by atoms with Crippen molar-refractivity contribution in [1.29, 1.82) is 0 Å². The third-order valence-corrected chi connectivity index (χ3v) is 7.88. The monoisotopic (exact) mass is 664 g/mol. The maximum absolute atomic E-state index is 10.2. The average molecular weight is 665 g/mol. The van der Waals surface area contributed by atoms with Crippen molar-refractivity contribution in [3.05, 3.63) is 193 Å². The zero-order chi connectivity index (χ0) is 60.9. The topological polar surface area (TPSA) is 0 Å². The predicted molar refractivity (Wildman–Crippen MR) is 216 cm³/mol. The van der Waals surface area contributed by atoms with Crippen molar-refractivity contribution < 1.29 is 43.9 Å². The van der Waals surface area contributed by atoms with Crippen molar-refractivity contribution >= 4 is 53.9 Å². The zero-order valence-electron chi connectivity index (χ0n) is 57.0. The quantitative estimate of drug-likeness (QED) is 0.164. The number of benzene rings is 10. The summed E-state index contributed by atoms with van der Waals surface area (Å²) in [5.74, 6) is 0. The molecule has 0 bridgehead atoms. The van der Waals surface area contributed by atoms with Gasteiger partial charge < -0.3 is 0 Å². The molecule has 10 aromatic carbocycles. The van der Waals surface area contributed by atoms with E-state index < -0.39 is 292 Å². The van der Waals surface area contributed by atoms with Crippen LogP contribution in [0, 0.1) is 0 Å². The maximum atomic E-state index is 10.2. The minimum absolute atomic E-state index is 0.617. The molecule has 0 aliphatic rings. The van der Waals surface area contributed by atoms with Crippen LogP contribution in [0.4, 0.5) is 0 Å². The third kappa shape index (κ3) is 4.77. The third-order valence-electron chi connectivity index (χ3n) is 7.88. The van der Waals surface area contributed by atoms with E-state index in [0.717, 1.165) is 0 Å². The van der Waals surface area contributed by atoms with Crippen molar-refractivity contribution in [3.8, 4) is 44.5 Å². The highest BCUT2D eigenvalue weighted by Gasteiger charge is 2.18. The van der Waals surface area contributed by atoms with Gasteiger partial charge in [-0.2, -0.15) is 0 Å². The Hall–Kier alpha value is -6.50. The molecule has 0 aliphatic heterocycles. The Kier molecular flexibility index (Phi) is 2.55. The summed E-state index contributed by atoms with van der Waals surface area (Å²) in [6, 6.07) is -32.4. The Morgan fingerprint density at radius 3 is 1.16 bits per heavy atom. The molecule has 10 aromatic rings. The fourth-order valence-electron chi connectivity index (χ4n) is 5.66. The summed E-state index contributed by atoms with van der Waals surface area (Å²) in [5.41, 5.74) is -7.48. The molecule has 0 spiro atoms. The Bertz CT molecular complexity index is 4750. The molecule has 0 nitrogen and oxygen atoms in total. The Morgan fingerprint density at radius 1 is 0.220 bits per heavy atom. The molecular formula is C50H32. The lowest BCUT2D eigenvalue weighted by Crippen LogP contribution is -1.92. The van der Waals surface area contributed by atoms with E-state index >= 15 is 0 Å². The van der Waals surface area contributed by atoms with Crippen LogP contribution in [-0.2, 0) is 0 Å². The first-order chi connectivity index (χ1) is 38.1. The van der Waals surface area contributed by atoms with Gasteiger partial charge in [0.05, 0.1) is 43.9 Å². The molecule has 0 heterocycles. The lowest BCUT2D eigenvalue weighted by Gasteiger charge is -2.19. The van der Waals surface area contributed by atoms with Crippen molar-refractivity contribution in [2.75, 3.05) is 0 Å². The number of hydrogen-bond acceptors (Lipinski definition) is 0. The molecule has 0 N–H and O–H groups in total. The smallest absolute Gasteiger partial charge is 0.0616 e. The van der Waals surface area contributed by atoms with Gasteiger partial charge in [-0.1, -0.05) is 163 Å². The molecule has 0 saturated carbocycles. The van der Waals surface area contributed by atoms with Gasteiger partial charge in [0.15, 0.2) is 0 Å². The molecule has 0 atom stereocenters. The predicted octanol–water partition coefficient (Wildman–Crippen LogP) is 14.1. The van der Waals surface area contributed by atoms with E-state index in [4.69, 9.17) is 23.3 Å². The van der Waals surface area contributed by atoms with Crippen LogP contribution in [-0.4, -0.2) is 0 Å². The van der Waals surface area contributed by atoms with E-state index in [-0.39, 0.29) is 0 Å². The first-order valence-corrected chi connectivity index (χ1v) is 14.8. The van der Waals surface area contributed by atoms with E-state index in [1.54, 1.807) is 0 Å². The van der Waals surface area contributed by atoms with Gasteiger partial charge in [-0.05, 0) is 129 Å². The molecule has 0 unspecified atom stereocenters. The van der Waals surface area contributed by atoms with E-state index in [1.165, 1.54) is 0 Å². The molecule has 0 aromatic heterocycles. The summed E-state index contributed by atoms with van der Waals surface area (Å²) in [5, 5.41) is -7.69. The molecule has 0 amide bonds. The molecule has 0 saturated heterocycles. The Morgan fingerprint density at radius 2 is 0.580 bits per heavy atom. The van der Waals surface area contributed by atoms with E-state index in [9.17, 15) is 20.6 Å². The van der Waals surface area contributed by atoms with Crippen molar-refractivity contribution in [2.45, 2.75) is 0 Å². The van der Waals surface area contributed by atoms with Gasteiger partial charge in [-0.3, -0.25) is 0 Å². The van der Waals surface area contributed by atoms with Crippen molar-refractivity contribution in [1.82, 2.24) is 0 Å². The second kappa shape index (κ2) is 11.6. The molecule has 0 radical (unpaired) electrons. The van der Waals surface area contributed by atoms with Crippen LogP contribution in [0.5, 0.6) is 0 Å². The Labute approximate surface area is 336 Å². The molecule has 10 rings (SSSR count). The van der Waals surface area contributed by atoms with Gasteiger partial charge in [-0.25, -0.2) is 0 Å². The summed E-state index contributed by atoms with van der Waals surface area (Å²) >= 11 is 0. The van der Waals surface area contributed by atoms with Crippen LogP contribution in [0.15, 0.2) is 193 Å². The van der Waals surface area contributed by atoms with Gasteiger partial charge in [0.1, 0.15) is 0 Å². The van der Waals surface area contributed by atoms with Crippen LogP contribution in [0.2, 0.25) is 0 Å². The molecule has 0 fully saturated rings. The number of rotatable bonds is 4. The second-order valence-electron chi connectivity index (χ2n) is 10.8. The average Bonchev–Trinajstić information content (AvgIpc) is 1.40. The molecule has 232 valence electrons. The van der Waals surface area contributed by atoms with Gasteiger partial charge in [0.25, 0.3) is 0 Å². The molecular weight excluding hydrogens is 601 g/mol. The van der Waals surface area contributed by atoms with Crippen LogP contribution < -0.4 is 0 Å². The lowest BCUT2D eigenvalue weighted by molar-refractivity contribution is 1.62. The summed E-state index contributed by atoms with van der Waals surface area (Å²) in [4.78, 5) is 0. The molecule has 0 aliphatic carbocycles. The number of fused-ring (bicyclic) bond motifs is 5. The molecule has 0 heteroatoms. The largest absolute Gasteiger partial charge is 0.0636 e. The standard InChI is InChI=1S/C50H32/c1-4-13-36-28-40(23-20-33(36)10-1)39-16-9-17-43(31-39)49-45-18-7-8-19-46(45)50(44-25-22-35-12-3-6-15-38(35)30-44)48-32-42(26-27-47(48)49)41-24-21-34-11-2-5-14-37(34)29-41/h1-32H/i1D,2D,3D,4D,5D,6D,7D,8D,9D,10D,11D,12D,13D,14D,15D,16D,17D,18D,19D,20D,21D,22D,23D,24D,25D,26D,27D,28D,29D,30D,31D,32D. The van der Waals surface area contributed by atoms with Gasteiger partial charge in [-0.15, -0.1) is 0 Å². The fraction of sp³-hybridized carbons (Fsp3) is 0. The Balaban J connectivity index is 1.56. The fourth-order valence-corrected chi connectivity index (χ4v) is 5.66. The summed E-state index contributed by atoms with van der Waals surface area (Å²) < 4.78 is 291. The van der Waals surface area contributed by atoms with Crippen LogP contribution in [0.3, 0.4) is 0 Å². The summed E-state index contributed by atoms with van der Waals surface area (Å²) in [7, 11) is 0. The highest BCUT2D eigenvalue weighted by molar-refractivity contribution is 6.22. The lowest BCUT2D eigenvalue weighted by atomic mass is 9.84. The minimum atomic E-state index is -1.21. The van der Waals surface area contributed by atoms with Gasteiger partial charge >= 0.3 is 0 Å². The van der Waals surface area contributed by atoms with E-state index in [1.807, 2.05) is 0 Å². The summed E-state index contributed by atoms with van der Waals surface area (Å²) in [6.07, 6.45) is 0. The summed E-state index contributed by atoms with van der Waals surface area (Å²) in [6.45, 7) is 0. The van der Waals surface area contributed by atoms with Crippen LogP contribution >= 0.6 is 0 Å². The highest BCUT2D eigenvalue weighted by Crippen LogP contribution is 2.46. The maximum Gasteiger partial charge on any atom is 0.0636 e. The van der Waals surface area contributed by atoms with Crippen LogP contribution in [0.25, 0.3) is 98.4 Å². The van der Waals surface area contributed by atoms with Crippen molar-refractivity contribution in [3.63, 3.8) is 0 Å². The highest BCUT2D eigenvalue weighted by atomic mass is 14.2. The first kappa shape index (κ1) is 11.0. The SMILES string of the molecule is [2H]c1c([2H])c(-c2c([2H])c([2H])c3c([2H])c([2H])c([2H])c([2H])c3c2[2H])c([2H])c(-c2c3c([2H])c([2H])c([2H])c([2H])c3c(-c3c([2H])c([2H])c4c([2H])c([2H])c([2H])c([2H])c4c3[2H])c3c([2H])c(-c4c([2H])c([2H])c5c([2H])c([2H])c([2H])c([2H])c5c4[2H])c([2H])c([2H])c23)c1[2H]. The first-order valence-electron chi connectivity index (χ1n) is 30.8. The second-order valence-corrected chi connectivity index (χ2v) is 10.8. The van der Waals surface area contributed by atoms with E-state index in [2.05, 4.69) is 0 Å². The normalized spacial score (nSPS) is 20.6. The van der Waals surface area contributed by atoms with Gasteiger partial charge in [0, 0.05) is 0 Å². The zero-order valence-corrected chi connectivity index (χ0v) is 25.0. The van der Waals surface area contributed by atoms with Crippen LogP contribution in [0.1, 0.15) is 43.9 Å². The van der Waals surface area contributed by atoms with Gasteiger partial charge in [0.2, 0.25) is 0 Å². The number of hydrogen-bond donors (Lipinski definition) is 0.